The molecular weight excluding hydrogens is 320 g/mol. The largest absolute Gasteiger partial charge is 0.378 e. The van der Waals surface area contributed by atoms with E-state index in [2.05, 4.69) is 10.3 Å². The van der Waals surface area contributed by atoms with Gasteiger partial charge in [-0.05, 0) is 37.5 Å². The van der Waals surface area contributed by atoms with Gasteiger partial charge in [-0.25, -0.2) is 4.79 Å². The molecule has 1 atom stereocenters. The van der Waals surface area contributed by atoms with Gasteiger partial charge in [0.05, 0.1) is 19.1 Å². The number of nitrogens with zero attached hydrogens (tertiary/aromatic N) is 3. The molecule has 3 rings (SSSR count). The van der Waals surface area contributed by atoms with Crippen LogP contribution in [0.25, 0.3) is 0 Å². The normalized spacial score (nSPS) is 21.1. The van der Waals surface area contributed by atoms with Crippen molar-refractivity contribution >= 4 is 11.9 Å². The van der Waals surface area contributed by atoms with E-state index in [4.69, 9.17) is 4.74 Å². The van der Waals surface area contributed by atoms with Gasteiger partial charge in [-0.2, -0.15) is 0 Å². The van der Waals surface area contributed by atoms with Crippen LogP contribution in [0.4, 0.5) is 4.79 Å². The van der Waals surface area contributed by atoms with Gasteiger partial charge in [-0.15, -0.1) is 0 Å². The van der Waals surface area contributed by atoms with Crippen LogP contribution in [-0.2, 0) is 16.1 Å². The second-order valence-electron chi connectivity index (χ2n) is 6.69. The highest BCUT2D eigenvalue weighted by Crippen LogP contribution is 2.19. The number of amides is 3. The van der Waals surface area contributed by atoms with Gasteiger partial charge in [0.1, 0.15) is 0 Å². The maximum Gasteiger partial charge on any atom is 0.317 e. The first-order chi connectivity index (χ1) is 12.1. The van der Waals surface area contributed by atoms with Gasteiger partial charge in [0.15, 0.2) is 0 Å². The van der Waals surface area contributed by atoms with Crippen molar-refractivity contribution in [2.24, 2.45) is 5.92 Å². The monoisotopic (exact) mass is 346 g/mol. The summed E-state index contributed by atoms with van der Waals surface area (Å²) in [6.07, 6.45) is 3.46. The van der Waals surface area contributed by atoms with Gasteiger partial charge in [0.25, 0.3) is 0 Å². The van der Waals surface area contributed by atoms with Crippen molar-refractivity contribution in [2.45, 2.75) is 26.3 Å². The highest BCUT2D eigenvalue weighted by atomic mass is 16.5. The molecule has 0 spiro atoms. The maximum atomic E-state index is 12.6. The van der Waals surface area contributed by atoms with Crippen molar-refractivity contribution < 1.29 is 14.3 Å². The van der Waals surface area contributed by atoms with E-state index in [1.54, 1.807) is 11.1 Å². The molecule has 1 N–H and O–H groups in total. The standard InChI is InChI=1S/C18H26N4O3/c1-14-11-15(4-5-19-14)12-20-18(24)22-6-2-3-16(13-22)17(23)21-7-9-25-10-8-21/h4-5,11,16H,2-3,6-10,12-13H2,1H3,(H,20,24). The first-order valence-electron chi connectivity index (χ1n) is 8.94. The molecule has 2 saturated heterocycles. The van der Waals surface area contributed by atoms with E-state index in [1.165, 1.54) is 0 Å². The molecular formula is C18H26N4O3. The zero-order valence-corrected chi connectivity index (χ0v) is 14.7. The van der Waals surface area contributed by atoms with Crippen LogP contribution in [0, 0.1) is 12.8 Å². The predicted molar refractivity (Wildman–Crippen MR) is 92.9 cm³/mol. The summed E-state index contributed by atoms with van der Waals surface area (Å²) in [5.74, 6) is 0.0614. The predicted octanol–water partition coefficient (Wildman–Crippen LogP) is 1.17. The SMILES string of the molecule is Cc1cc(CNC(=O)N2CCCC(C(=O)N3CCOCC3)C2)ccn1. The zero-order chi connectivity index (χ0) is 17.6. The Bertz CT molecular complexity index is 616. The number of aryl methyl sites for hydroxylation is 1. The second-order valence-corrected chi connectivity index (χ2v) is 6.69. The molecule has 3 heterocycles. The summed E-state index contributed by atoms with van der Waals surface area (Å²) in [5.41, 5.74) is 1.96. The number of morpholine rings is 1. The van der Waals surface area contributed by atoms with Crippen LogP contribution in [0.15, 0.2) is 18.3 Å². The number of pyridine rings is 1. The van der Waals surface area contributed by atoms with Crippen molar-refractivity contribution in [3.63, 3.8) is 0 Å². The van der Waals surface area contributed by atoms with Gasteiger partial charge >= 0.3 is 6.03 Å². The van der Waals surface area contributed by atoms with Crippen LogP contribution in [0.1, 0.15) is 24.1 Å². The highest BCUT2D eigenvalue weighted by Gasteiger charge is 2.31. The lowest BCUT2D eigenvalue weighted by Gasteiger charge is -2.36. The summed E-state index contributed by atoms with van der Waals surface area (Å²) >= 11 is 0. The zero-order valence-electron chi connectivity index (χ0n) is 14.7. The lowest BCUT2D eigenvalue weighted by atomic mass is 9.96. The molecule has 1 aromatic rings. The van der Waals surface area contributed by atoms with Gasteiger partial charge in [0, 0.05) is 44.6 Å². The average molecular weight is 346 g/mol. The Kier molecular flexibility index (Phi) is 5.86. The number of likely N-dealkylation sites (tertiary alicyclic amines) is 1. The van der Waals surface area contributed by atoms with E-state index >= 15 is 0 Å². The Morgan fingerprint density at radius 1 is 1.28 bits per heavy atom. The van der Waals surface area contributed by atoms with Crippen LogP contribution in [0.5, 0.6) is 0 Å². The Morgan fingerprint density at radius 3 is 2.84 bits per heavy atom. The maximum absolute atomic E-state index is 12.6. The Morgan fingerprint density at radius 2 is 2.08 bits per heavy atom. The minimum absolute atomic E-state index is 0.0965. The van der Waals surface area contributed by atoms with Crippen molar-refractivity contribution in [3.8, 4) is 0 Å². The van der Waals surface area contributed by atoms with Crippen LogP contribution in [0.3, 0.4) is 0 Å². The number of rotatable bonds is 3. The third-order valence-corrected chi connectivity index (χ3v) is 4.79. The number of piperidine rings is 1. The minimum atomic E-state index is -0.103. The molecule has 0 aromatic carbocycles. The van der Waals surface area contributed by atoms with E-state index in [9.17, 15) is 9.59 Å². The molecule has 1 unspecified atom stereocenters. The fourth-order valence-corrected chi connectivity index (χ4v) is 3.41. The fourth-order valence-electron chi connectivity index (χ4n) is 3.41. The van der Waals surface area contributed by atoms with E-state index in [0.717, 1.165) is 24.1 Å². The number of aromatic nitrogens is 1. The van der Waals surface area contributed by atoms with E-state index in [1.807, 2.05) is 24.0 Å². The van der Waals surface area contributed by atoms with Crippen molar-refractivity contribution in [2.75, 3.05) is 39.4 Å². The molecule has 7 nitrogen and oxygen atoms in total. The lowest BCUT2D eigenvalue weighted by molar-refractivity contribution is -0.141. The first kappa shape index (κ1) is 17.7. The third-order valence-electron chi connectivity index (χ3n) is 4.79. The molecule has 136 valence electrons. The number of hydrogen-bond acceptors (Lipinski definition) is 4. The van der Waals surface area contributed by atoms with Crippen molar-refractivity contribution in [3.05, 3.63) is 29.6 Å². The fraction of sp³-hybridized carbons (Fsp3) is 0.611. The summed E-state index contributed by atoms with van der Waals surface area (Å²) in [4.78, 5) is 32.9. The molecule has 0 bridgehead atoms. The van der Waals surface area contributed by atoms with E-state index in [0.29, 0.717) is 45.9 Å². The van der Waals surface area contributed by atoms with Crippen molar-refractivity contribution in [1.29, 1.82) is 0 Å². The number of nitrogens with one attached hydrogen (secondary N) is 1. The summed E-state index contributed by atoms with van der Waals surface area (Å²) in [6, 6.07) is 3.75. The molecule has 3 amide bonds. The Balaban J connectivity index is 1.51. The summed E-state index contributed by atoms with van der Waals surface area (Å²) < 4.78 is 5.31. The van der Waals surface area contributed by atoms with Gasteiger partial charge in [0.2, 0.25) is 5.91 Å². The topological polar surface area (TPSA) is 74.8 Å². The van der Waals surface area contributed by atoms with Crippen LogP contribution in [0.2, 0.25) is 0 Å². The molecule has 25 heavy (non-hydrogen) atoms. The average Bonchev–Trinajstić information content (AvgIpc) is 2.66. The Hall–Kier alpha value is -2.15. The van der Waals surface area contributed by atoms with Crippen LogP contribution in [-0.4, -0.2) is 66.1 Å². The summed E-state index contributed by atoms with van der Waals surface area (Å²) in [6.45, 7) is 6.12. The third kappa shape index (κ3) is 4.69. The molecule has 2 aliphatic rings. The number of urea groups is 1. The van der Waals surface area contributed by atoms with Gasteiger partial charge in [-0.1, -0.05) is 0 Å². The molecule has 0 saturated carbocycles. The van der Waals surface area contributed by atoms with Crippen LogP contribution < -0.4 is 5.32 Å². The quantitative estimate of drug-likeness (QED) is 0.892. The smallest absolute Gasteiger partial charge is 0.317 e. The summed E-state index contributed by atoms with van der Waals surface area (Å²) in [5, 5.41) is 2.95. The number of hydrogen-bond donors (Lipinski definition) is 1. The number of carbonyl (C=O) groups is 2. The molecule has 2 aliphatic heterocycles. The highest BCUT2D eigenvalue weighted by molar-refractivity contribution is 5.81. The molecule has 1 aromatic heterocycles. The number of ether oxygens (including phenoxy) is 1. The molecule has 7 heteroatoms. The molecule has 0 aliphatic carbocycles. The van der Waals surface area contributed by atoms with E-state index in [-0.39, 0.29) is 17.9 Å². The van der Waals surface area contributed by atoms with Gasteiger partial charge < -0.3 is 19.9 Å². The first-order valence-corrected chi connectivity index (χ1v) is 8.94. The van der Waals surface area contributed by atoms with Crippen LogP contribution >= 0.6 is 0 Å². The van der Waals surface area contributed by atoms with E-state index < -0.39 is 0 Å². The molecule has 0 radical (unpaired) electrons. The Labute approximate surface area is 148 Å². The van der Waals surface area contributed by atoms with Gasteiger partial charge in [-0.3, -0.25) is 9.78 Å². The summed E-state index contributed by atoms with van der Waals surface area (Å²) in [7, 11) is 0. The van der Waals surface area contributed by atoms with Crippen molar-refractivity contribution in [1.82, 2.24) is 20.1 Å². The number of carbonyl (C=O) groups excluding carboxylic acids is 2. The second kappa shape index (κ2) is 8.29. The lowest BCUT2D eigenvalue weighted by Crippen LogP contribution is -2.51. The molecule has 2 fully saturated rings. The minimum Gasteiger partial charge on any atom is -0.378 e.